The van der Waals surface area contributed by atoms with Gasteiger partial charge in [-0.15, -0.1) is 0 Å². The summed E-state index contributed by atoms with van der Waals surface area (Å²) in [5, 5.41) is 17.8. The van der Waals surface area contributed by atoms with Crippen LogP contribution in [0.25, 0.3) is 5.69 Å². The first kappa shape index (κ1) is 18.7. The van der Waals surface area contributed by atoms with Crippen LogP contribution in [0.15, 0.2) is 36.5 Å². The molecule has 0 amide bonds. The van der Waals surface area contributed by atoms with E-state index >= 15 is 0 Å². The normalized spacial score (nSPS) is 14.6. The van der Waals surface area contributed by atoms with Gasteiger partial charge in [0.05, 0.1) is 17.5 Å². The first-order chi connectivity index (χ1) is 11.3. The summed E-state index contributed by atoms with van der Waals surface area (Å²) < 4.78 is 1.97. The van der Waals surface area contributed by atoms with Crippen molar-refractivity contribution in [1.82, 2.24) is 15.1 Å². The van der Waals surface area contributed by atoms with Crippen molar-refractivity contribution in [2.75, 3.05) is 6.54 Å². The molecule has 2 rings (SSSR count). The Morgan fingerprint density at radius 3 is 2.42 bits per heavy atom. The second-order valence-electron chi connectivity index (χ2n) is 7.85. The van der Waals surface area contributed by atoms with E-state index in [4.69, 9.17) is 5.10 Å². The smallest absolute Gasteiger partial charge is 0.0727 e. The Morgan fingerprint density at radius 2 is 1.83 bits per heavy atom. The van der Waals surface area contributed by atoms with Crippen molar-refractivity contribution < 1.29 is 5.11 Å². The quantitative estimate of drug-likeness (QED) is 0.815. The summed E-state index contributed by atoms with van der Waals surface area (Å²) in [6.45, 7) is 12.3. The first-order valence-electron chi connectivity index (χ1n) is 8.80. The lowest BCUT2D eigenvalue weighted by molar-refractivity contribution is 0.163. The number of aromatic nitrogens is 2. The van der Waals surface area contributed by atoms with Crippen LogP contribution in [-0.4, -0.2) is 27.5 Å². The Morgan fingerprint density at radius 1 is 1.17 bits per heavy atom. The second-order valence-corrected chi connectivity index (χ2v) is 7.85. The molecule has 0 bridgehead atoms. The summed E-state index contributed by atoms with van der Waals surface area (Å²) in [5.41, 5.74) is 3.44. The number of rotatable bonds is 7. The Bertz CT molecular complexity index is 626. The number of nitrogens with zero attached hydrogens (tertiary/aromatic N) is 2. The Labute approximate surface area is 145 Å². The molecule has 0 fully saturated rings. The standard InChI is InChI=1S/C20H31N3O/c1-15(11-16(2)24)12-21-13-17-14-23(18-9-7-6-8-10-18)22-19(17)20(3,4)5/h6-10,14-16,21,24H,11-13H2,1-5H3. The molecule has 24 heavy (non-hydrogen) atoms. The van der Waals surface area contributed by atoms with E-state index in [1.807, 2.05) is 29.8 Å². The maximum atomic E-state index is 9.48. The molecule has 0 radical (unpaired) electrons. The lowest BCUT2D eigenvalue weighted by atomic mass is 9.89. The molecule has 1 heterocycles. The predicted octanol–water partition coefficient (Wildman–Crippen LogP) is 3.67. The molecule has 0 spiro atoms. The fraction of sp³-hybridized carbons (Fsp3) is 0.550. The van der Waals surface area contributed by atoms with Crippen LogP contribution < -0.4 is 5.32 Å². The molecule has 1 aromatic heterocycles. The molecular formula is C20H31N3O. The topological polar surface area (TPSA) is 50.1 Å². The molecule has 0 saturated carbocycles. The van der Waals surface area contributed by atoms with Gasteiger partial charge in [0.2, 0.25) is 0 Å². The van der Waals surface area contributed by atoms with Crippen LogP contribution in [0.3, 0.4) is 0 Å². The Kier molecular flexibility index (Phi) is 6.19. The second kappa shape index (κ2) is 7.95. The maximum absolute atomic E-state index is 9.48. The van der Waals surface area contributed by atoms with Crippen LogP contribution in [0.4, 0.5) is 0 Å². The summed E-state index contributed by atoms with van der Waals surface area (Å²) in [6, 6.07) is 10.2. The minimum absolute atomic E-state index is 0.00225. The number of aliphatic hydroxyl groups is 1. The van der Waals surface area contributed by atoms with Crippen molar-refractivity contribution in [3.63, 3.8) is 0 Å². The van der Waals surface area contributed by atoms with Crippen molar-refractivity contribution in [3.05, 3.63) is 47.8 Å². The highest BCUT2D eigenvalue weighted by Crippen LogP contribution is 2.25. The molecule has 2 atom stereocenters. The average Bonchev–Trinajstić information content (AvgIpc) is 2.92. The number of nitrogens with one attached hydrogen (secondary N) is 1. The summed E-state index contributed by atoms with van der Waals surface area (Å²) in [5.74, 6) is 0.451. The summed E-state index contributed by atoms with van der Waals surface area (Å²) in [6.07, 6.45) is 2.71. The van der Waals surface area contributed by atoms with E-state index in [1.54, 1.807) is 0 Å². The van der Waals surface area contributed by atoms with Crippen molar-refractivity contribution in [2.24, 2.45) is 5.92 Å². The van der Waals surface area contributed by atoms with Crippen LogP contribution in [0.2, 0.25) is 0 Å². The molecule has 1 aromatic carbocycles. The van der Waals surface area contributed by atoms with Crippen LogP contribution in [0.1, 0.15) is 52.3 Å². The number of hydrogen-bond acceptors (Lipinski definition) is 3. The highest BCUT2D eigenvalue weighted by atomic mass is 16.3. The van der Waals surface area contributed by atoms with Crippen LogP contribution >= 0.6 is 0 Å². The Balaban J connectivity index is 2.12. The van der Waals surface area contributed by atoms with Crippen LogP contribution in [-0.2, 0) is 12.0 Å². The largest absolute Gasteiger partial charge is 0.393 e. The van der Waals surface area contributed by atoms with Gasteiger partial charge in [-0.05, 0) is 37.9 Å². The lowest BCUT2D eigenvalue weighted by Crippen LogP contribution is -2.24. The highest BCUT2D eigenvalue weighted by Gasteiger charge is 2.22. The number of aliphatic hydroxyl groups excluding tert-OH is 1. The molecule has 2 unspecified atom stereocenters. The average molecular weight is 329 g/mol. The van der Waals surface area contributed by atoms with Gasteiger partial charge in [-0.1, -0.05) is 45.9 Å². The summed E-state index contributed by atoms with van der Waals surface area (Å²) in [7, 11) is 0. The Hall–Kier alpha value is -1.65. The molecule has 0 aliphatic carbocycles. The number of benzene rings is 1. The summed E-state index contributed by atoms with van der Waals surface area (Å²) in [4.78, 5) is 0. The highest BCUT2D eigenvalue weighted by molar-refractivity contribution is 5.34. The minimum Gasteiger partial charge on any atom is -0.393 e. The van der Waals surface area contributed by atoms with Gasteiger partial charge in [-0.3, -0.25) is 0 Å². The lowest BCUT2D eigenvalue weighted by Gasteiger charge is -2.18. The van der Waals surface area contributed by atoms with Crippen molar-refractivity contribution in [1.29, 1.82) is 0 Å². The van der Waals surface area contributed by atoms with E-state index in [1.165, 1.54) is 5.56 Å². The van der Waals surface area contributed by atoms with Crippen molar-refractivity contribution >= 4 is 0 Å². The fourth-order valence-corrected chi connectivity index (χ4v) is 3.00. The van der Waals surface area contributed by atoms with E-state index < -0.39 is 0 Å². The van der Waals surface area contributed by atoms with Crippen LogP contribution in [0.5, 0.6) is 0 Å². The van der Waals surface area contributed by atoms with Gasteiger partial charge < -0.3 is 10.4 Å². The zero-order chi connectivity index (χ0) is 17.7. The van der Waals surface area contributed by atoms with Gasteiger partial charge in [0.1, 0.15) is 0 Å². The van der Waals surface area contributed by atoms with Gasteiger partial charge in [0.15, 0.2) is 0 Å². The zero-order valence-electron chi connectivity index (χ0n) is 15.6. The zero-order valence-corrected chi connectivity index (χ0v) is 15.6. The molecule has 132 valence electrons. The molecule has 2 aromatic rings. The fourth-order valence-electron chi connectivity index (χ4n) is 3.00. The van der Waals surface area contributed by atoms with E-state index in [0.29, 0.717) is 5.92 Å². The van der Waals surface area contributed by atoms with Gasteiger partial charge >= 0.3 is 0 Å². The van der Waals surface area contributed by atoms with E-state index in [-0.39, 0.29) is 11.5 Å². The van der Waals surface area contributed by atoms with E-state index in [2.05, 4.69) is 51.3 Å². The van der Waals surface area contributed by atoms with Crippen molar-refractivity contribution in [2.45, 2.75) is 59.1 Å². The number of para-hydroxylation sites is 1. The number of hydrogen-bond donors (Lipinski definition) is 2. The molecular weight excluding hydrogens is 298 g/mol. The van der Waals surface area contributed by atoms with Crippen LogP contribution in [0, 0.1) is 5.92 Å². The maximum Gasteiger partial charge on any atom is 0.0727 e. The van der Waals surface area contributed by atoms with E-state index in [0.717, 1.165) is 30.9 Å². The van der Waals surface area contributed by atoms with Gasteiger partial charge in [0, 0.05) is 23.7 Å². The third-order valence-corrected chi connectivity index (χ3v) is 4.07. The van der Waals surface area contributed by atoms with E-state index in [9.17, 15) is 5.11 Å². The minimum atomic E-state index is -0.243. The first-order valence-corrected chi connectivity index (χ1v) is 8.80. The van der Waals surface area contributed by atoms with Gasteiger partial charge in [-0.25, -0.2) is 4.68 Å². The SMILES string of the molecule is CC(O)CC(C)CNCc1cn(-c2ccccc2)nc1C(C)(C)C. The third-order valence-electron chi connectivity index (χ3n) is 4.07. The third kappa shape index (κ3) is 5.18. The van der Waals surface area contributed by atoms with Crippen molar-refractivity contribution in [3.8, 4) is 5.69 Å². The predicted molar refractivity (Wildman–Crippen MR) is 99.4 cm³/mol. The molecule has 0 saturated heterocycles. The molecule has 4 heteroatoms. The monoisotopic (exact) mass is 329 g/mol. The van der Waals surface area contributed by atoms with Gasteiger partial charge in [-0.2, -0.15) is 5.10 Å². The molecule has 4 nitrogen and oxygen atoms in total. The molecule has 0 aliphatic rings. The molecule has 2 N–H and O–H groups in total. The summed E-state index contributed by atoms with van der Waals surface area (Å²) >= 11 is 0. The molecule has 0 aliphatic heterocycles. The van der Waals surface area contributed by atoms with Gasteiger partial charge in [0.25, 0.3) is 0 Å².